The van der Waals surface area contributed by atoms with Gasteiger partial charge in [-0.05, 0) is 18.2 Å². The lowest BCUT2D eigenvalue weighted by molar-refractivity contribution is 0.456. The normalized spacial score (nSPS) is 10.4. The Hall–Kier alpha value is -1.28. The molecule has 2 rings (SSSR count). The number of benzene rings is 1. The summed E-state index contributed by atoms with van der Waals surface area (Å²) in [5, 5.41) is 10.4. The second kappa shape index (κ2) is 2.64. The van der Waals surface area contributed by atoms with Gasteiger partial charge in [-0.2, -0.15) is 0 Å². The highest BCUT2D eigenvalue weighted by atomic mass is 35.5. The third-order valence-corrected chi connectivity index (χ3v) is 1.90. The largest absolute Gasteiger partial charge is 0.493 e. The number of aromatic hydroxyl groups is 1. The quantitative estimate of drug-likeness (QED) is 0.672. The van der Waals surface area contributed by atoms with E-state index in [1.807, 2.05) is 0 Å². The van der Waals surface area contributed by atoms with Crippen LogP contribution in [0.3, 0.4) is 0 Å². The van der Waals surface area contributed by atoms with Crippen molar-refractivity contribution in [2.45, 2.75) is 0 Å². The van der Waals surface area contributed by atoms with Gasteiger partial charge in [-0.3, -0.25) is 0 Å². The second-order valence-electron chi connectivity index (χ2n) is 2.41. The van der Waals surface area contributed by atoms with E-state index in [4.69, 9.17) is 16.7 Å². The van der Waals surface area contributed by atoms with Gasteiger partial charge in [-0.25, -0.2) is 4.98 Å². The van der Waals surface area contributed by atoms with Crippen molar-refractivity contribution in [2.75, 3.05) is 0 Å². The lowest BCUT2D eigenvalue weighted by atomic mass is 10.2. The molecule has 2 aromatic rings. The zero-order valence-corrected chi connectivity index (χ0v) is 6.84. The van der Waals surface area contributed by atoms with Crippen molar-refractivity contribution in [1.29, 1.82) is 0 Å². The summed E-state index contributed by atoms with van der Waals surface area (Å²) in [6.07, 6.45) is 0. The molecule has 1 N–H and O–H groups in total. The van der Waals surface area contributed by atoms with E-state index in [2.05, 4.69) is 11.1 Å². The van der Waals surface area contributed by atoms with Crippen molar-refractivity contribution < 1.29 is 5.11 Å². The van der Waals surface area contributed by atoms with Crippen LogP contribution in [0.5, 0.6) is 5.88 Å². The summed E-state index contributed by atoms with van der Waals surface area (Å²) in [5.41, 5.74) is 0.679. The van der Waals surface area contributed by atoms with Crippen LogP contribution in [0.15, 0.2) is 24.3 Å². The number of nitrogens with zero attached hydrogens (tertiary/aromatic N) is 1. The molecule has 1 radical (unpaired) electrons. The van der Waals surface area contributed by atoms with Gasteiger partial charge in [-0.15, -0.1) is 0 Å². The van der Waals surface area contributed by atoms with Crippen molar-refractivity contribution in [1.82, 2.24) is 4.98 Å². The Labute approximate surface area is 74.4 Å². The average Bonchev–Trinajstić information content (AvgIpc) is 2.04. The maximum atomic E-state index is 9.11. The molecule has 0 aliphatic carbocycles. The Morgan fingerprint density at radius 1 is 1.50 bits per heavy atom. The highest BCUT2D eigenvalue weighted by molar-refractivity contribution is 6.35. The molecule has 1 aromatic heterocycles. The molecule has 0 aliphatic rings. The smallest absolute Gasteiger partial charge is 0.212 e. The maximum absolute atomic E-state index is 9.11. The van der Waals surface area contributed by atoms with E-state index < -0.39 is 0 Å². The van der Waals surface area contributed by atoms with Gasteiger partial charge >= 0.3 is 0 Å². The molecule has 0 fully saturated rings. The van der Waals surface area contributed by atoms with Crippen LogP contribution in [-0.2, 0) is 0 Å². The van der Waals surface area contributed by atoms with Gasteiger partial charge in [0.05, 0.1) is 10.5 Å². The summed E-state index contributed by atoms with van der Waals surface area (Å²) in [6.45, 7) is 0. The second-order valence-corrected chi connectivity index (χ2v) is 2.81. The van der Waals surface area contributed by atoms with E-state index in [-0.39, 0.29) is 5.88 Å². The molecule has 0 amide bonds. The van der Waals surface area contributed by atoms with Crippen molar-refractivity contribution in [3.8, 4) is 5.88 Å². The Kier molecular flexibility index (Phi) is 1.62. The highest BCUT2D eigenvalue weighted by Crippen LogP contribution is 2.24. The zero-order chi connectivity index (χ0) is 8.55. The first kappa shape index (κ1) is 7.37. The number of rotatable bonds is 0. The summed E-state index contributed by atoms with van der Waals surface area (Å²) in [5.74, 6) is -0.0568. The summed E-state index contributed by atoms with van der Waals surface area (Å²) in [7, 11) is 0. The molecule has 59 valence electrons. The summed E-state index contributed by atoms with van der Waals surface area (Å²) in [6, 6.07) is 9.52. The Balaban J connectivity index is 2.89. The Bertz CT molecular complexity index is 428. The Morgan fingerprint density at radius 2 is 2.33 bits per heavy atom. The molecular formula is C9H5ClNO. The van der Waals surface area contributed by atoms with Gasteiger partial charge in [0.1, 0.15) is 0 Å². The molecule has 0 spiro atoms. The lowest BCUT2D eigenvalue weighted by Gasteiger charge is -1.98. The molecule has 0 saturated carbocycles. The van der Waals surface area contributed by atoms with Crippen LogP contribution in [0.25, 0.3) is 10.9 Å². The molecule has 0 atom stereocenters. The lowest BCUT2D eigenvalue weighted by Crippen LogP contribution is -1.79. The van der Waals surface area contributed by atoms with Crippen LogP contribution in [0.2, 0.25) is 5.02 Å². The number of hydrogen-bond acceptors (Lipinski definition) is 2. The maximum Gasteiger partial charge on any atom is 0.212 e. The van der Waals surface area contributed by atoms with Crippen molar-refractivity contribution >= 4 is 22.5 Å². The van der Waals surface area contributed by atoms with Gasteiger partial charge in [0.15, 0.2) is 0 Å². The number of fused-ring (bicyclic) bond motifs is 1. The van der Waals surface area contributed by atoms with Crippen LogP contribution in [0.4, 0.5) is 0 Å². The fourth-order valence-corrected chi connectivity index (χ4v) is 1.31. The standard InChI is InChI=1S/C9H5ClNO/c10-7-5-9(12)11-8-4-2-1-3-6(7)8/h2-5H,(H,11,12). The molecule has 1 heterocycles. The fourth-order valence-electron chi connectivity index (χ4n) is 1.06. The van der Waals surface area contributed by atoms with E-state index in [1.165, 1.54) is 6.07 Å². The van der Waals surface area contributed by atoms with Crippen LogP contribution < -0.4 is 0 Å². The Morgan fingerprint density at radius 3 is 3.17 bits per heavy atom. The van der Waals surface area contributed by atoms with Crippen molar-refractivity contribution in [3.63, 3.8) is 0 Å². The average molecular weight is 179 g/mol. The van der Waals surface area contributed by atoms with Gasteiger partial charge in [-0.1, -0.05) is 17.7 Å². The molecular weight excluding hydrogens is 174 g/mol. The third-order valence-electron chi connectivity index (χ3n) is 1.59. The fraction of sp³-hybridized carbons (Fsp3) is 0. The van der Waals surface area contributed by atoms with E-state index in [0.29, 0.717) is 10.5 Å². The minimum absolute atomic E-state index is 0.0568. The van der Waals surface area contributed by atoms with Crippen LogP contribution in [0.1, 0.15) is 0 Å². The topological polar surface area (TPSA) is 33.1 Å². The summed E-state index contributed by atoms with van der Waals surface area (Å²) >= 11 is 5.84. The summed E-state index contributed by atoms with van der Waals surface area (Å²) in [4.78, 5) is 3.89. The predicted octanol–water partition coefficient (Wildman–Crippen LogP) is 2.39. The highest BCUT2D eigenvalue weighted by Gasteiger charge is 2.00. The number of halogens is 1. The van der Waals surface area contributed by atoms with Crippen molar-refractivity contribution in [2.24, 2.45) is 0 Å². The minimum atomic E-state index is -0.0568. The number of hydrogen-bond donors (Lipinski definition) is 1. The van der Waals surface area contributed by atoms with Gasteiger partial charge in [0.2, 0.25) is 5.88 Å². The van der Waals surface area contributed by atoms with E-state index >= 15 is 0 Å². The molecule has 0 unspecified atom stereocenters. The van der Waals surface area contributed by atoms with Crippen molar-refractivity contribution in [3.05, 3.63) is 35.4 Å². The molecule has 3 heteroatoms. The first-order chi connectivity index (χ1) is 5.77. The minimum Gasteiger partial charge on any atom is -0.493 e. The van der Waals surface area contributed by atoms with Crippen LogP contribution >= 0.6 is 11.6 Å². The predicted molar refractivity (Wildman–Crippen MR) is 47.3 cm³/mol. The molecule has 2 nitrogen and oxygen atoms in total. The SMILES string of the molecule is Oc1cc(Cl)c2c[c]ccc2n1. The van der Waals surface area contributed by atoms with E-state index in [0.717, 1.165) is 5.39 Å². The molecule has 0 aliphatic heterocycles. The van der Waals surface area contributed by atoms with Gasteiger partial charge in [0, 0.05) is 11.5 Å². The number of pyridine rings is 1. The van der Waals surface area contributed by atoms with Crippen LogP contribution in [0, 0.1) is 6.07 Å². The third kappa shape index (κ3) is 1.10. The molecule has 0 saturated heterocycles. The van der Waals surface area contributed by atoms with E-state index in [1.54, 1.807) is 18.2 Å². The zero-order valence-electron chi connectivity index (χ0n) is 6.08. The molecule has 1 aromatic carbocycles. The monoisotopic (exact) mass is 178 g/mol. The van der Waals surface area contributed by atoms with Gasteiger partial charge < -0.3 is 5.11 Å². The first-order valence-corrected chi connectivity index (χ1v) is 3.80. The van der Waals surface area contributed by atoms with Gasteiger partial charge in [0.25, 0.3) is 0 Å². The van der Waals surface area contributed by atoms with Crippen LogP contribution in [-0.4, -0.2) is 10.1 Å². The first-order valence-electron chi connectivity index (χ1n) is 3.43. The number of aromatic nitrogens is 1. The summed E-state index contributed by atoms with van der Waals surface area (Å²) < 4.78 is 0. The van der Waals surface area contributed by atoms with E-state index in [9.17, 15) is 0 Å². The molecule has 0 bridgehead atoms. The molecule has 12 heavy (non-hydrogen) atoms.